The summed E-state index contributed by atoms with van der Waals surface area (Å²) in [4.78, 5) is 27.9. The summed E-state index contributed by atoms with van der Waals surface area (Å²) in [5.41, 5.74) is -1.61. The standard InChI is InChI=1S/C19H17Cl2F4N3O2/c20-14-2-1-3-16(22)13(14)10-26-4-6-27(7-5-26)17(29)11-28-9-12(19(23,24)25)8-15(21)18(28)30/h1-3,8-9H,4-7,10-11H2. The molecule has 0 bridgehead atoms. The summed E-state index contributed by atoms with van der Waals surface area (Å²) in [6.07, 6.45) is -4.11. The largest absolute Gasteiger partial charge is 0.417 e. The summed E-state index contributed by atoms with van der Waals surface area (Å²) >= 11 is 11.6. The lowest BCUT2D eigenvalue weighted by Crippen LogP contribution is -2.49. The van der Waals surface area contributed by atoms with Gasteiger partial charge in [0.25, 0.3) is 5.56 Å². The minimum Gasteiger partial charge on any atom is -0.339 e. The zero-order valence-electron chi connectivity index (χ0n) is 15.6. The number of amides is 1. The Bertz CT molecular complexity index is 982. The van der Waals surface area contributed by atoms with Crippen molar-refractivity contribution >= 4 is 29.1 Å². The van der Waals surface area contributed by atoms with Crippen molar-refractivity contribution in [2.45, 2.75) is 19.3 Å². The third kappa shape index (κ3) is 5.14. The maximum absolute atomic E-state index is 13.9. The van der Waals surface area contributed by atoms with E-state index >= 15 is 0 Å². The van der Waals surface area contributed by atoms with Gasteiger partial charge >= 0.3 is 6.18 Å². The Morgan fingerprint density at radius 1 is 1.07 bits per heavy atom. The SMILES string of the molecule is O=C(Cn1cc(C(F)(F)F)cc(Cl)c1=O)N1CCN(Cc2c(F)cccc2Cl)CC1. The summed E-state index contributed by atoms with van der Waals surface area (Å²) in [6, 6.07) is 4.97. The minimum atomic E-state index is -4.69. The summed E-state index contributed by atoms with van der Waals surface area (Å²) < 4.78 is 53.4. The highest BCUT2D eigenvalue weighted by atomic mass is 35.5. The Morgan fingerprint density at radius 2 is 1.73 bits per heavy atom. The van der Waals surface area contributed by atoms with Crippen LogP contribution in [0.25, 0.3) is 0 Å². The first kappa shape index (κ1) is 22.6. The van der Waals surface area contributed by atoms with Crippen molar-refractivity contribution in [1.29, 1.82) is 0 Å². The van der Waals surface area contributed by atoms with Crippen LogP contribution in [-0.4, -0.2) is 46.5 Å². The maximum atomic E-state index is 13.9. The molecule has 30 heavy (non-hydrogen) atoms. The van der Waals surface area contributed by atoms with E-state index in [9.17, 15) is 27.2 Å². The summed E-state index contributed by atoms with van der Waals surface area (Å²) in [5, 5.41) is -0.293. The molecule has 2 aromatic rings. The van der Waals surface area contributed by atoms with Crippen LogP contribution in [0.15, 0.2) is 35.3 Å². The number of halogens is 6. The molecule has 1 amide bonds. The Hall–Kier alpha value is -2.10. The van der Waals surface area contributed by atoms with E-state index in [-0.39, 0.29) is 19.6 Å². The molecule has 0 atom stereocenters. The zero-order chi connectivity index (χ0) is 22.1. The summed E-state index contributed by atoms with van der Waals surface area (Å²) in [5.74, 6) is -0.919. The van der Waals surface area contributed by atoms with Crippen molar-refractivity contribution in [3.8, 4) is 0 Å². The highest BCUT2D eigenvalue weighted by molar-refractivity contribution is 6.31. The quantitative estimate of drug-likeness (QED) is 0.647. The zero-order valence-corrected chi connectivity index (χ0v) is 17.1. The second kappa shape index (κ2) is 8.95. The molecule has 0 radical (unpaired) electrons. The van der Waals surface area contributed by atoms with Gasteiger partial charge in [0.05, 0.1) is 5.56 Å². The van der Waals surface area contributed by atoms with Crippen LogP contribution in [0.1, 0.15) is 11.1 Å². The molecule has 2 heterocycles. The van der Waals surface area contributed by atoms with Crippen LogP contribution in [0, 0.1) is 5.82 Å². The first-order valence-electron chi connectivity index (χ1n) is 8.96. The second-order valence-corrected chi connectivity index (χ2v) is 7.68. The topological polar surface area (TPSA) is 45.6 Å². The fraction of sp³-hybridized carbons (Fsp3) is 0.368. The van der Waals surface area contributed by atoms with Crippen molar-refractivity contribution in [3.05, 3.63) is 67.8 Å². The average Bonchev–Trinajstić information content (AvgIpc) is 2.68. The third-order valence-corrected chi connectivity index (χ3v) is 5.47. The molecule has 5 nitrogen and oxygen atoms in total. The lowest BCUT2D eigenvalue weighted by molar-refractivity contribution is -0.139. The monoisotopic (exact) mass is 465 g/mol. The van der Waals surface area contributed by atoms with Crippen LogP contribution < -0.4 is 5.56 Å². The van der Waals surface area contributed by atoms with E-state index < -0.39 is 40.6 Å². The van der Waals surface area contributed by atoms with Gasteiger partial charge in [0.1, 0.15) is 17.4 Å². The second-order valence-electron chi connectivity index (χ2n) is 6.86. The first-order valence-corrected chi connectivity index (χ1v) is 9.72. The molecule has 1 aliphatic rings. The molecule has 1 aromatic carbocycles. The number of alkyl halides is 3. The summed E-state index contributed by atoms with van der Waals surface area (Å²) in [7, 11) is 0. The predicted molar refractivity (Wildman–Crippen MR) is 104 cm³/mol. The van der Waals surface area contributed by atoms with E-state index in [1.54, 1.807) is 6.07 Å². The van der Waals surface area contributed by atoms with E-state index in [0.717, 1.165) is 0 Å². The third-order valence-electron chi connectivity index (χ3n) is 4.84. The number of benzene rings is 1. The molecule has 0 unspecified atom stereocenters. The molecule has 11 heteroatoms. The van der Waals surface area contributed by atoms with Crippen LogP contribution in [0.3, 0.4) is 0 Å². The summed E-state index contributed by atoms with van der Waals surface area (Å²) in [6.45, 7) is 1.14. The Morgan fingerprint density at radius 3 is 2.33 bits per heavy atom. The first-order chi connectivity index (χ1) is 14.1. The lowest BCUT2D eigenvalue weighted by Gasteiger charge is -2.35. The Balaban J connectivity index is 1.64. The molecule has 1 fully saturated rings. The number of nitrogens with zero attached hydrogens (tertiary/aromatic N) is 3. The molecule has 0 saturated carbocycles. The van der Waals surface area contributed by atoms with Crippen LogP contribution in [0.4, 0.5) is 17.6 Å². The molecule has 3 rings (SSSR count). The Kier molecular flexibility index (Phi) is 6.74. The molecule has 1 aliphatic heterocycles. The van der Waals surface area contributed by atoms with Crippen LogP contribution in [-0.2, 0) is 24.1 Å². The highest BCUT2D eigenvalue weighted by Gasteiger charge is 2.32. The molecule has 0 N–H and O–H groups in total. The van der Waals surface area contributed by atoms with Gasteiger partial charge in [-0.25, -0.2) is 4.39 Å². The number of pyridine rings is 1. The average molecular weight is 466 g/mol. The van der Waals surface area contributed by atoms with Gasteiger partial charge < -0.3 is 9.47 Å². The van der Waals surface area contributed by atoms with E-state index in [2.05, 4.69) is 0 Å². The van der Waals surface area contributed by atoms with Crippen LogP contribution in [0.2, 0.25) is 10.0 Å². The normalized spacial score (nSPS) is 15.5. The number of rotatable bonds is 4. The van der Waals surface area contributed by atoms with Gasteiger partial charge in [-0.1, -0.05) is 29.3 Å². The van der Waals surface area contributed by atoms with E-state index in [1.165, 1.54) is 17.0 Å². The van der Waals surface area contributed by atoms with Crippen molar-refractivity contribution in [2.75, 3.05) is 26.2 Å². The van der Waals surface area contributed by atoms with Gasteiger partial charge in [-0.15, -0.1) is 0 Å². The molecule has 1 aromatic heterocycles. The highest BCUT2D eigenvalue weighted by Crippen LogP contribution is 2.29. The minimum absolute atomic E-state index is 0.274. The van der Waals surface area contributed by atoms with Gasteiger partial charge in [-0.05, 0) is 18.2 Å². The number of aromatic nitrogens is 1. The van der Waals surface area contributed by atoms with Gasteiger partial charge in [0.2, 0.25) is 5.91 Å². The van der Waals surface area contributed by atoms with Gasteiger partial charge in [0.15, 0.2) is 0 Å². The van der Waals surface area contributed by atoms with Gasteiger partial charge in [-0.3, -0.25) is 14.5 Å². The van der Waals surface area contributed by atoms with E-state index in [4.69, 9.17) is 23.2 Å². The van der Waals surface area contributed by atoms with Gasteiger partial charge in [0, 0.05) is 49.5 Å². The van der Waals surface area contributed by atoms with Crippen LogP contribution >= 0.6 is 23.2 Å². The fourth-order valence-electron chi connectivity index (χ4n) is 3.18. The Labute approximate surface area is 179 Å². The number of carbonyl (C=O) groups is 1. The number of hydrogen-bond donors (Lipinski definition) is 0. The molecular weight excluding hydrogens is 449 g/mol. The van der Waals surface area contributed by atoms with Crippen molar-refractivity contribution < 1.29 is 22.4 Å². The molecule has 1 saturated heterocycles. The predicted octanol–water partition coefficient (Wildman–Crippen LogP) is 3.66. The lowest BCUT2D eigenvalue weighted by atomic mass is 10.2. The van der Waals surface area contributed by atoms with Crippen molar-refractivity contribution in [3.63, 3.8) is 0 Å². The van der Waals surface area contributed by atoms with E-state index in [1.807, 2.05) is 4.90 Å². The number of piperazine rings is 1. The smallest absolute Gasteiger partial charge is 0.339 e. The molecular formula is C19H17Cl2F4N3O2. The molecule has 0 spiro atoms. The molecule has 0 aliphatic carbocycles. The van der Waals surface area contributed by atoms with Crippen LogP contribution in [0.5, 0.6) is 0 Å². The van der Waals surface area contributed by atoms with Crippen molar-refractivity contribution in [2.24, 2.45) is 0 Å². The molecule has 162 valence electrons. The number of carbonyl (C=O) groups excluding carboxylic acids is 1. The van der Waals surface area contributed by atoms with E-state index in [0.29, 0.717) is 40.5 Å². The fourth-order valence-corrected chi connectivity index (χ4v) is 3.63. The maximum Gasteiger partial charge on any atom is 0.417 e. The van der Waals surface area contributed by atoms with Crippen molar-refractivity contribution in [1.82, 2.24) is 14.4 Å². The van der Waals surface area contributed by atoms with Gasteiger partial charge in [-0.2, -0.15) is 13.2 Å². The number of hydrogen-bond acceptors (Lipinski definition) is 3.